The second kappa shape index (κ2) is 5.84. The van der Waals surface area contributed by atoms with Crippen LogP contribution in [0, 0.1) is 6.92 Å². The number of esters is 1. The molecule has 1 aromatic heterocycles. The van der Waals surface area contributed by atoms with Crippen LogP contribution >= 0.6 is 0 Å². The van der Waals surface area contributed by atoms with Crippen LogP contribution < -0.4 is 10.6 Å². The van der Waals surface area contributed by atoms with Crippen LogP contribution in [0.15, 0.2) is 41.0 Å². The molecule has 8 heteroatoms. The van der Waals surface area contributed by atoms with Crippen molar-refractivity contribution >= 4 is 34.7 Å². The number of carbonyl (C=O) groups excluding carboxylic acids is 2. The van der Waals surface area contributed by atoms with Crippen molar-refractivity contribution in [1.29, 1.82) is 0 Å². The van der Waals surface area contributed by atoms with E-state index in [1.54, 1.807) is 0 Å². The van der Waals surface area contributed by atoms with E-state index in [-0.39, 0.29) is 17.6 Å². The summed E-state index contributed by atoms with van der Waals surface area (Å²) in [5.41, 5.74) is 1.59. The Hall–Kier alpha value is -3.29. The van der Waals surface area contributed by atoms with Crippen LogP contribution in [0.2, 0.25) is 0 Å². The van der Waals surface area contributed by atoms with Crippen molar-refractivity contribution in [3.8, 4) is 0 Å². The lowest BCUT2D eigenvalue weighted by atomic mass is 10.2. The van der Waals surface area contributed by atoms with Crippen LogP contribution in [0.4, 0.5) is 5.95 Å². The predicted molar refractivity (Wildman–Crippen MR) is 82.7 cm³/mol. The Morgan fingerprint density at radius 2 is 2.04 bits per heavy atom. The minimum absolute atomic E-state index is 0.0492. The first-order chi connectivity index (χ1) is 11.1. The number of aromatic nitrogens is 2. The molecule has 2 heterocycles. The fourth-order valence-corrected chi connectivity index (χ4v) is 2.09. The second-order valence-corrected chi connectivity index (χ2v) is 4.75. The number of ether oxygens (including phenoxy) is 1. The summed E-state index contributed by atoms with van der Waals surface area (Å²) in [4.78, 5) is 35.7. The van der Waals surface area contributed by atoms with Crippen molar-refractivity contribution in [1.82, 2.24) is 20.6 Å². The SMILES string of the molecule is COC(=O)/C=C1/N/C(=N/c2nc(C)c3ccccc3n2)NC1=O. The first-order valence-corrected chi connectivity index (χ1v) is 6.77. The molecule has 0 aliphatic carbocycles. The van der Waals surface area contributed by atoms with Gasteiger partial charge in [-0.2, -0.15) is 4.99 Å². The van der Waals surface area contributed by atoms with Gasteiger partial charge in [0.15, 0.2) is 0 Å². The van der Waals surface area contributed by atoms with Gasteiger partial charge in [-0.25, -0.2) is 14.8 Å². The first kappa shape index (κ1) is 14.6. The van der Waals surface area contributed by atoms with Gasteiger partial charge in [0.1, 0.15) is 5.70 Å². The van der Waals surface area contributed by atoms with Crippen LogP contribution in [-0.2, 0) is 14.3 Å². The van der Waals surface area contributed by atoms with Gasteiger partial charge in [0.25, 0.3) is 11.9 Å². The molecule has 0 bridgehead atoms. The molecule has 23 heavy (non-hydrogen) atoms. The molecule has 8 nitrogen and oxygen atoms in total. The summed E-state index contributed by atoms with van der Waals surface area (Å²) in [5.74, 6) is -0.753. The number of amides is 1. The number of fused-ring (bicyclic) bond motifs is 1. The Labute approximate surface area is 131 Å². The van der Waals surface area contributed by atoms with Crippen LogP contribution in [0.1, 0.15) is 5.69 Å². The zero-order valence-electron chi connectivity index (χ0n) is 12.5. The Bertz CT molecular complexity index is 873. The van der Waals surface area contributed by atoms with E-state index in [1.165, 1.54) is 7.11 Å². The highest BCUT2D eigenvalue weighted by atomic mass is 16.5. The van der Waals surface area contributed by atoms with E-state index < -0.39 is 11.9 Å². The van der Waals surface area contributed by atoms with E-state index in [4.69, 9.17) is 0 Å². The van der Waals surface area contributed by atoms with E-state index in [0.29, 0.717) is 0 Å². The summed E-state index contributed by atoms with van der Waals surface area (Å²) in [6.45, 7) is 1.86. The van der Waals surface area contributed by atoms with Gasteiger partial charge in [-0.15, -0.1) is 0 Å². The Morgan fingerprint density at radius 3 is 2.83 bits per heavy atom. The number of para-hydroxylation sites is 1. The summed E-state index contributed by atoms with van der Waals surface area (Å²) in [5, 5.41) is 6.12. The third-order valence-corrected chi connectivity index (χ3v) is 3.19. The lowest BCUT2D eigenvalue weighted by Crippen LogP contribution is -2.24. The van der Waals surface area contributed by atoms with Crippen molar-refractivity contribution in [2.45, 2.75) is 6.92 Å². The standard InChI is InChI=1S/C15H13N5O3/c1-8-9-5-3-4-6-10(9)17-14(16-8)20-15-18-11(13(22)19-15)7-12(21)23-2/h3-7H,1-2H3,(H2,16,17,18,19,20,22)/b11-7+. The van der Waals surface area contributed by atoms with Crippen molar-refractivity contribution < 1.29 is 14.3 Å². The fourth-order valence-electron chi connectivity index (χ4n) is 2.09. The minimum Gasteiger partial charge on any atom is -0.466 e. The number of rotatable bonds is 2. The molecule has 116 valence electrons. The maximum absolute atomic E-state index is 11.7. The van der Waals surface area contributed by atoms with Gasteiger partial charge in [-0.1, -0.05) is 18.2 Å². The van der Waals surface area contributed by atoms with Gasteiger partial charge >= 0.3 is 5.97 Å². The molecule has 0 spiro atoms. The molecule has 1 fully saturated rings. The molecular weight excluding hydrogens is 298 g/mol. The third-order valence-electron chi connectivity index (χ3n) is 3.19. The number of carbonyl (C=O) groups is 2. The molecule has 2 N–H and O–H groups in total. The number of hydrogen-bond acceptors (Lipinski definition) is 6. The zero-order chi connectivity index (χ0) is 16.4. The van der Waals surface area contributed by atoms with Crippen molar-refractivity contribution in [3.05, 3.63) is 41.7 Å². The highest BCUT2D eigenvalue weighted by Crippen LogP contribution is 2.18. The molecular formula is C15H13N5O3. The number of methoxy groups -OCH3 is 1. The highest BCUT2D eigenvalue weighted by molar-refractivity contribution is 6.15. The van der Waals surface area contributed by atoms with Gasteiger partial charge in [0, 0.05) is 5.39 Å². The number of nitrogens with zero attached hydrogens (tertiary/aromatic N) is 3. The maximum atomic E-state index is 11.7. The predicted octanol–water partition coefficient (Wildman–Crippen LogP) is 0.702. The van der Waals surface area contributed by atoms with Gasteiger partial charge in [0.2, 0.25) is 5.96 Å². The van der Waals surface area contributed by atoms with E-state index in [1.807, 2.05) is 31.2 Å². The van der Waals surface area contributed by atoms with E-state index in [9.17, 15) is 9.59 Å². The monoisotopic (exact) mass is 311 g/mol. The Morgan fingerprint density at radius 1 is 1.26 bits per heavy atom. The van der Waals surface area contributed by atoms with Crippen LogP contribution in [0.5, 0.6) is 0 Å². The first-order valence-electron chi connectivity index (χ1n) is 6.77. The number of nitrogens with one attached hydrogen (secondary N) is 2. The van der Waals surface area contributed by atoms with Gasteiger partial charge < -0.3 is 10.1 Å². The highest BCUT2D eigenvalue weighted by Gasteiger charge is 2.23. The topological polar surface area (TPSA) is 106 Å². The molecule has 0 unspecified atom stereocenters. The lowest BCUT2D eigenvalue weighted by Gasteiger charge is -2.02. The fraction of sp³-hybridized carbons (Fsp3) is 0.133. The largest absolute Gasteiger partial charge is 0.466 e. The van der Waals surface area contributed by atoms with E-state index in [2.05, 4.69) is 30.3 Å². The van der Waals surface area contributed by atoms with Gasteiger partial charge in [-0.05, 0) is 13.0 Å². The van der Waals surface area contributed by atoms with E-state index in [0.717, 1.165) is 22.7 Å². The summed E-state index contributed by atoms with van der Waals surface area (Å²) in [6, 6.07) is 7.57. The third kappa shape index (κ3) is 3.00. The molecule has 3 rings (SSSR count). The minimum atomic E-state index is -0.637. The number of guanidine groups is 1. The van der Waals surface area contributed by atoms with Crippen LogP contribution in [0.25, 0.3) is 10.9 Å². The summed E-state index contributed by atoms with van der Waals surface area (Å²) < 4.78 is 4.48. The van der Waals surface area contributed by atoms with Crippen molar-refractivity contribution in [2.24, 2.45) is 4.99 Å². The summed E-state index contributed by atoms with van der Waals surface area (Å²) in [6.07, 6.45) is 1.05. The molecule has 2 aromatic rings. The molecule has 1 aliphatic rings. The zero-order valence-corrected chi connectivity index (χ0v) is 12.5. The number of benzene rings is 1. The summed E-state index contributed by atoms with van der Waals surface area (Å²) >= 11 is 0. The molecule has 1 saturated heterocycles. The molecule has 0 radical (unpaired) electrons. The van der Waals surface area contributed by atoms with Gasteiger partial charge in [-0.3, -0.25) is 10.1 Å². The Balaban J connectivity index is 1.92. The van der Waals surface area contributed by atoms with Crippen molar-refractivity contribution in [3.63, 3.8) is 0 Å². The van der Waals surface area contributed by atoms with E-state index >= 15 is 0 Å². The van der Waals surface area contributed by atoms with Crippen LogP contribution in [-0.4, -0.2) is 34.9 Å². The second-order valence-electron chi connectivity index (χ2n) is 4.75. The molecule has 0 atom stereocenters. The van der Waals surface area contributed by atoms with Crippen LogP contribution in [0.3, 0.4) is 0 Å². The van der Waals surface area contributed by atoms with Gasteiger partial charge in [0.05, 0.1) is 24.4 Å². The molecule has 1 amide bonds. The molecule has 1 aromatic carbocycles. The quantitative estimate of drug-likeness (QED) is 0.625. The number of aliphatic imine (C=N–C) groups is 1. The smallest absolute Gasteiger partial charge is 0.332 e. The molecule has 1 aliphatic heterocycles. The number of hydrogen-bond donors (Lipinski definition) is 2. The molecule has 0 saturated carbocycles. The van der Waals surface area contributed by atoms with Crippen molar-refractivity contribution in [2.75, 3.05) is 7.11 Å². The Kier molecular flexibility index (Phi) is 3.71. The summed E-state index contributed by atoms with van der Waals surface area (Å²) in [7, 11) is 1.23. The lowest BCUT2D eigenvalue weighted by molar-refractivity contribution is -0.135. The average Bonchev–Trinajstić information content (AvgIpc) is 2.86. The maximum Gasteiger partial charge on any atom is 0.332 e. The number of aryl methyl sites for hydroxylation is 1. The normalized spacial score (nSPS) is 17.4. The average molecular weight is 311 g/mol.